The highest BCUT2D eigenvalue weighted by atomic mass is 16.3. The van der Waals surface area contributed by atoms with E-state index in [1.54, 1.807) is 6.20 Å². The minimum Gasteiger partial charge on any atom is -0.393 e. The Morgan fingerprint density at radius 1 is 1.43 bits per heavy atom. The molecule has 1 aliphatic rings. The number of aliphatic hydroxyl groups excluding tert-OH is 1. The van der Waals surface area contributed by atoms with Crippen molar-refractivity contribution in [3.05, 3.63) is 23.5 Å². The first-order chi connectivity index (χ1) is 11.0. The summed E-state index contributed by atoms with van der Waals surface area (Å²) in [5.41, 5.74) is 2.26. The van der Waals surface area contributed by atoms with Crippen molar-refractivity contribution in [2.75, 3.05) is 13.1 Å². The number of pyridine rings is 1. The first-order valence-corrected chi connectivity index (χ1v) is 8.33. The number of fused-ring (bicyclic) bond motifs is 1. The molecule has 1 atom stereocenters. The zero-order chi connectivity index (χ0) is 16.6. The van der Waals surface area contributed by atoms with Gasteiger partial charge in [-0.2, -0.15) is 5.10 Å². The maximum absolute atomic E-state index is 12.9. The van der Waals surface area contributed by atoms with E-state index in [0.717, 1.165) is 23.1 Å². The lowest BCUT2D eigenvalue weighted by Gasteiger charge is -2.29. The molecule has 1 aliphatic heterocycles. The SMILES string of the molecule is CCC(C)n1ncc2c(C(=O)N3CCC(O)CC3)cc(C)nc21. The van der Waals surface area contributed by atoms with Crippen molar-refractivity contribution in [3.63, 3.8) is 0 Å². The van der Waals surface area contributed by atoms with Crippen LogP contribution in [0.1, 0.15) is 55.2 Å². The van der Waals surface area contributed by atoms with Gasteiger partial charge in [-0.05, 0) is 39.2 Å². The zero-order valence-electron chi connectivity index (χ0n) is 14.0. The molecule has 0 bridgehead atoms. The molecule has 124 valence electrons. The number of hydrogen-bond acceptors (Lipinski definition) is 4. The zero-order valence-corrected chi connectivity index (χ0v) is 14.0. The first-order valence-electron chi connectivity index (χ1n) is 8.33. The van der Waals surface area contributed by atoms with Gasteiger partial charge in [-0.25, -0.2) is 9.67 Å². The first kappa shape index (κ1) is 15.9. The van der Waals surface area contributed by atoms with E-state index in [4.69, 9.17) is 0 Å². The lowest BCUT2D eigenvalue weighted by Crippen LogP contribution is -2.40. The van der Waals surface area contributed by atoms with Crippen molar-refractivity contribution in [2.45, 2.75) is 52.2 Å². The van der Waals surface area contributed by atoms with E-state index in [9.17, 15) is 9.90 Å². The lowest BCUT2D eigenvalue weighted by atomic mass is 10.1. The van der Waals surface area contributed by atoms with Crippen LogP contribution < -0.4 is 0 Å². The summed E-state index contributed by atoms with van der Waals surface area (Å²) in [6.45, 7) is 7.32. The van der Waals surface area contributed by atoms with E-state index in [1.807, 2.05) is 22.6 Å². The molecular weight excluding hydrogens is 292 g/mol. The lowest BCUT2D eigenvalue weighted by molar-refractivity contribution is 0.0548. The third-order valence-electron chi connectivity index (χ3n) is 4.69. The largest absolute Gasteiger partial charge is 0.393 e. The van der Waals surface area contributed by atoms with Crippen LogP contribution in [0.2, 0.25) is 0 Å². The normalized spacial score (nSPS) is 17.7. The van der Waals surface area contributed by atoms with Gasteiger partial charge < -0.3 is 10.0 Å². The number of carbonyl (C=O) groups excluding carboxylic acids is 1. The van der Waals surface area contributed by atoms with Gasteiger partial charge in [0, 0.05) is 18.8 Å². The van der Waals surface area contributed by atoms with E-state index < -0.39 is 0 Å². The molecule has 1 N–H and O–H groups in total. The summed E-state index contributed by atoms with van der Waals surface area (Å²) in [5.74, 6) is 0.0103. The van der Waals surface area contributed by atoms with E-state index in [2.05, 4.69) is 23.9 Å². The molecule has 6 nitrogen and oxygen atoms in total. The van der Waals surface area contributed by atoms with Crippen LogP contribution in [0.15, 0.2) is 12.3 Å². The fourth-order valence-corrected chi connectivity index (χ4v) is 3.05. The number of hydrogen-bond donors (Lipinski definition) is 1. The van der Waals surface area contributed by atoms with Gasteiger partial charge in [-0.3, -0.25) is 4.79 Å². The molecule has 0 radical (unpaired) electrons. The molecule has 3 heterocycles. The third-order valence-corrected chi connectivity index (χ3v) is 4.69. The number of carbonyl (C=O) groups is 1. The summed E-state index contributed by atoms with van der Waals surface area (Å²) in [6.07, 6.45) is 3.71. The average molecular weight is 316 g/mol. The number of aryl methyl sites for hydroxylation is 1. The van der Waals surface area contributed by atoms with Crippen molar-refractivity contribution in [1.29, 1.82) is 0 Å². The minimum atomic E-state index is -0.286. The minimum absolute atomic E-state index is 0.0103. The second-order valence-corrected chi connectivity index (χ2v) is 6.42. The highest BCUT2D eigenvalue weighted by Gasteiger charge is 2.25. The van der Waals surface area contributed by atoms with Gasteiger partial charge in [0.25, 0.3) is 5.91 Å². The number of rotatable bonds is 3. The van der Waals surface area contributed by atoms with E-state index in [1.165, 1.54) is 0 Å². The van der Waals surface area contributed by atoms with Crippen LogP contribution in [0, 0.1) is 6.92 Å². The maximum Gasteiger partial charge on any atom is 0.254 e. The van der Waals surface area contributed by atoms with Gasteiger partial charge in [0.2, 0.25) is 0 Å². The van der Waals surface area contributed by atoms with Crippen LogP contribution in [-0.2, 0) is 0 Å². The highest BCUT2D eigenvalue weighted by Crippen LogP contribution is 2.24. The van der Waals surface area contributed by atoms with Gasteiger partial charge >= 0.3 is 0 Å². The Kier molecular flexibility index (Phi) is 4.35. The molecule has 23 heavy (non-hydrogen) atoms. The molecule has 3 rings (SSSR count). The van der Waals surface area contributed by atoms with Crippen LogP contribution >= 0.6 is 0 Å². The van der Waals surface area contributed by atoms with Gasteiger partial charge in [0.1, 0.15) is 0 Å². The second kappa shape index (κ2) is 6.28. The van der Waals surface area contributed by atoms with E-state index in [-0.39, 0.29) is 18.1 Å². The Balaban J connectivity index is 2.00. The van der Waals surface area contributed by atoms with Crippen LogP contribution in [0.25, 0.3) is 11.0 Å². The predicted octanol–water partition coefficient (Wildman–Crippen LogP) is 2.31. The summed E-state index contributed by atoms with van der Waals surface area (Å²) in [4.78, 5) is 19.3. The number of amides is 1. The molecule has 1 unspecified atom stereocenters. The van der Waals surface area contributed by atoms with Crippen molar-refractivity contribution in [2.24, 2.45) is 0 Å². The van der Waals surface area contributed by atoms with E-state index in [0.29, 0.717) is 31.5 Å². The quantitative estimate of drug-likeness (QED) is 0.943. The van der Waals surface area contributed by atoms with Crippen molar-refractivity contribution in [3.8, 4) is 0 Å². The third kappa shape index (κ3) is 2.95. The number of aromatic nitrogens is 3. The molecule has 2 aromatic heterocycles. The van der Waals surface area contributed by atoms with Crippen LogP contribution in [0.3, 0.4) is 0 Å². The summed E-state index contributed by atoms with van der Waals surface area (Å²) >= 11 is 0. The van der Waals surface area contributed by atoms with Gasteiger partial charge in [0.15, 0.2) is 5.65 Å². The molecule has 2 aromatic rings. The number of aliphatic hydroxyl groups is 1. The molecule has 0 aliphatic carbocycles. The Bertz CT molecular complexity index is 717. The fourth-order valence-electron chi connectivity index (χ4n) is 3.05. The molecule has 1 amide bonds. The summed E-state index contributed by atoms with van der Waals surface area (Å²) in [6, 6.07) is 2.09. The summed E-state index contributed by atoms with van der Waals surface area (Å²) in [7, 11) is 0. The number of likely N-dealkylation sites (tertiary alicyclic amines) is 1. The molecular formula is C17H24N4O2. The Labute approximate surface area is 136 Å². The Morgan fingerprint density at radius 2 is 2.13 bits per heavy atom. The molecule has 6 heteroatoms. The Morgan fingerprint density at radius 3 is 2.78 bits per heavy atom. The van der Waals surface area contributed by atoms with Crippen molar-refractivity contribution >= 4 is 16.9 Å². The molecule has 1 fully saturated rings. The highest BCUT2D eigenvalue weighted by molar-refractivity contribution is 6.05. The van der Waals surface area contributed by atoms with Gasteiger partial charge in [0.05, 0.1) is 29.3 Å². The molecule has 1 saturated heterocycles. The maximum atomic E-state index is 12.9. The smallest absolute Gasteiger partial charge is 0.254 e. The van der Waals surface area contributed by atoms with Crippen LogP contribution in [0.4, 0.5) is 0 Å². The van der Waals surface area contributed by atoms with Crippen LogP contribution in [-0.4, -0.2) is 49.9 Å². The van der Waals surface area contributed by atoms with Crippen LogP contribution in [0.5, 0.6) is 0 Å². The van der Waals surface area contributed by atoms with Gasteiger partial charge in [-0.1, -0.05) is 6.92 Å². The topological polar surface area (TPSA) is 71.2 Å². The predicted molar refractivity (Wildman–Crippen MR) is 88.4 cm³/mol. The fraction of sp³-hybridized carbons (Fsp3) is 0.588. The van der Waals surface area contributed by atoms with E-state index >= 15 is 0 Å². The summed E-state index contributed by atoms with van der Waals surface area (Å²) in [5, 5.41) is 14.9. The summed E-state index contributed by atoms with van der Waals surface area (Å²) < 4.78 is 1.90. The number of nitrogens with zero attached hydrogens (tertiary/aromatic N) is 4. The average Bonchev–Trinajstić information content (AvgIpc) is 2.97. The Hall–Kier alpha value is -1.95. The van der Waals surface area contributed by atoms with Crippen molar-refractivity contribution < 1.29 is 9.90 Å². The molecule has 0 aromatic carbocycles. The monoisotopic (exact) mass is 316 g/mol. The second-order valence-electron chi connectivity index (χ2n) is 6.42. The van der Waals surface area contributed by atoms with Gasteiger partial charge in [-0.15, -0.1) is 0 Å². The number of piperidine rings is 1. The molecule has 0 saturated carbocycles. The standard InChI is InChI=1S/C17H24N4O2/c1-4-12(3)21-16-15(10-18-21)14(9-11(2)19-16)17(23)20-7-5-13(22)6-8-20/h9-10,12-13,22H,4-8H2,1-3H3. The van der Waals surface area contributed by atoms with Crippen molar-refractivity contribution in [1.82, 2.24) is 19.7 Å². The molecule has 0 spiro atoms.